The van der Waals surface area contributed by atoms with Crippen molar-refractivity contribution in [1.82, 2.24) is 0 Å². The Morgan fingerprint density at radius 1 is 1.40 bits per heavy atom. The molecule has 1 fully saturated rings. The summed E-state index contributed by atoms with van der Waals surface area (Å²) in [7, 11) is 1.52. The van der Waals surface area contributed by atoms with Crippen LogP contribution in [-0.4, -0.2) is 24.9 Å². The summed E-state index contributed by atoms with van der Waals surface area (Å²) in [6, 6.07) is 0. The van der Waals surface area contributed by atoms with Crippen LogP contribution in [0.25, 0.3) is 0 Å². The lowest BCUT2D eigenvalue weighted by molar-refractivity contribution is 0.185. The van der Waals surface area contributed by atoms with Crippen LogP contribution in [0.2, 0.25) is 0 Å². The van der Waals surface area contributed by atoms with Crippen LogP contribution in [0, 0.1) is 0 Å². The number of halogens is 1. The molecule has 10 heavy (non-hydrogen) atoms. The van der Waals surface area contributed by atoms with Crippen LogP contribution in [0.4, 0.5) is 0 Å². The van der Waals surface area contributed by atoms with E-state index in [1.807, 2.05) is 0 Å². The Kier molecular flexibility index (Phi) is 2.22. The molecule has 0 bridgehead atoms. The summed E-state index contributed by atoms with van der Waals surface area (Å²) in [4.78, 5) is 0. The van der Waals surface area contributed by atoms with E-state index in [1.165, 1.54) is 0 Å². The molecule has 5 heteroatoms. The summed E-state index contributed by atoms with van der Waals surface area (Å²) in [5.74, 6) is 0. The molecular weight excluding hydrogens is 176 g/mol. The van der Waals surface area contributed by atoms with E-state index in [-0.39, 0.29) is 0 Å². The highest BCUT2D eigenvalue weighted by Gasteiger charge is 2.34. The Morgan fingerprint density at radius 3 is 2.20 bits per heavy atom. The molecule has 0 aromatic rings. The molecule has 1 saturated carbocycles. The largest absolute Gasteiger partial charge is 0.392 e. The van der Waals surface area contributed by atoms with E-state index in [0.29, 0.717) is 12.8 Å². The Hall–Kier alpha value is 0.200. The SMILES string of the molecule is O=S(=O)(Cl)[C@H]1CCC[C@H]1O. The van der Waals surface area contributed by atoms with E-state index in [4.69, 9.17) is 15.8 Å². The predicted molar refractivity (Wildman–Crippen MR) is 38.4 cm³/mol. The van der Waals surface area contributed by atoms with E-state index in [9.17, 15) is 8.42 Å². The van der Waals surface area contributed by atoms with Crippen molar-refractivity contribution in [2.75, 3.05) is 0 Å². The van der Waals surface area contributed by atoms with Crippen LogP contribution >= 0.6 is 10.7 Å². The Balaban J connectivity index is 2.74. The Morgan fingerprint density at radius 2 is 2.00 bits per heavy atom. The van der Waals surface area contributed by atoms with E-state index < -0.39 is 20.4 Å². The number of hydrogen-bond acceptors (Lipinski definition) is 3. The third-order valence-corrected chi connectivity index (χ3v) is 3.74. The highest BCUT2D eigenvalue weighted by atomic mass is 35.7. The fourth-order valence-corrected chi connectivity index (χ4v) is 2.82. The van der Waals surface area contributed by atoms with Gasteiger partial charge in [0.25, 0.3) is 0 Å². The molecule has 1 rings (SSSR count). The van der Waals surface area contributed by atoms with Gasteiger partial charge >= 0.3 is 0 Å². The maximum atomic E-state index is 10.6. The average Bonchev–Trinajstić information content (AvgIpc) is 2.11. The van der Waals surface area contributed by atoms with Gasteiger partial charge in [0.1, 0.15) is 5.25 Å². The molecule has 3 nitrogen and oxygen atoms in total. The fraction of sp³-hybridized carbons (Fsp3) is 1.00. The van der Waals surface area contributed by atoms with E-state index in [2.05, 4.69) is 0 Å². The molecular formula is C5H9ClO3S. The molecule has 0 aliphatic heterocycles. The molecule has 0 radical (unpaired) electrons. The molecule has 0 saturated heterocycles. The maximum absolute atomic E-state index is 10.6. The smallest absolute Gasteiger partial charge is 0.238 e. The monoisotopic (exact) mass is 184 g/mol. The van der Waals surface area contributed by atoms with Gasteiger partial charge in [-0.25, -0.2) is 8.42 Å². The molecule has 60 valence electrons. The average molecular weight is 185 g/mol. The van der Waals surface area contributed by atoms with Crippen LogP contribution in [0.15, 0.2) is 0 Å². The summed E-state index contributed by atoms with van der Waals surface area (Å²) in [6.07, 6.45) is 1.05. The molecule has 0 aromatic heterocycles. The van der Waals surface area contributed by atoms with Crippen LogP contribution in [0.3, 0.4) is 0 Å². The first-order chi connectivity index (χ1) is 4.52. The molecule has 2 atom stereocenters. The fourth-order valence-electron chi connectivity index (χ4n) is 1.23. The molecule has 0 amide bonds. The number of hydrogen-bond donors (Lipinski definition) is 1. The molecule has 0 unspecified atom stereocenters. The zero-order chi connectivity index (χ0) is 7.78. The molecule has 1 aliphatic carbocycles. The van der Waals surface area contributed by atoms with Gasteiger partial charge in [-0.05, 0) is 19.3 Å². The predicted octanol–water partition coefficient (Wildman–Crippen LogP) is 0.468. The van der Waals surface area contributed by atoms with Crippen LogP contribution in [0.5, 0.6) is 0 Å². The van der Waals surface area contributed by atoms with Crippen molar-refractivity contribution in [2.24, 2.45) is 0 Å². The topological polar surface area (TPSA) is 54.4 Å². The lowest BCUT2D eigenvalue weighted by Gasteiger charge is -2.08. The van der Waals surface area contributed by atoms with Crippen molar-refractivity contribution in [3.63, 3.8) is 0 Å². The Labute approximate surface area is 64.4 Å². The minimum Gasteiger partial charge on any atom is -0.392 e. The van der Waals surface area contributed by atoms with E-state index >= 15 is 0 Å². The quantitative estimate of drug-likeness (QED) is 0.603. The summed E-state index contributed by atoms with van der Waals surface area (Å²) < 4.78 is 21.3. The summed E-state index contributed by atoms with van der Waals surface area (Å²) >= 11 is 0. The van der Waals surface area contributed by atoms with Crippen LogP contribution < -0.4 is 0 Å². The lowest BCUT2D eigenvalue weighted by atomic mass is 10.3. The molecule has 0 heterocycles. The molecule has 1 N–H and O–H groups in total. The van der Waals surface area contributed by atoms with Gasteiger partial charge in [-0.3, -0.25) is 0 Å². The first-order valence-electron chi connectivity index (χ1n) is 3.13. The van der Waals surface area contributed by atoms with Gasteiger partial charge in [0.2, 0.25) is 9.05 Å². The van der Waals surface area contributed by atoms with Crippen molar-refractivity contribution >= 4 is 19.7 Å². The minimum atomic E-state index is -3.53. The second-order valence-corrected chi connectivity index (χ2v) is 5.36. The van der Waals surface area contributed by atoms with E-state index in [1.54, 1.807) is 0 Å². The molecule has 1 aliphatic rings. The van der Waals surface area contributed by atoms with Gasteiger partial charge in [0.05, 0.1) is 6.10 Å². The van der Waals surface area contributed by atoms with Crippen molar-refractivity contribution < 1.29 is 13.5 Å². The van der Waals surface area contributed by atoms with Crippen LogP contribution in [-0.2, 0) is 9.05 Å². The van der Waals surface area contributed by atoms with Gasteiger partial charge in [-0.1, -0.05) is 0 Å². The van der Waals surface area contributed by atoms with Gasteiger partial charge in [0, 0.05) is 10.7 Å². The van der Waals surface area contributed by atoms with Crippen molar-refractivity contribution in [3.8, 4) is 0 Å². The lowest BCUT2D eigenvalue weighted by Crippen LogP contribution is -2.25. The van der Waals surface area contributed by atoms with Crippen LogP contribution in [0.1, 0.15) is 19.3 Å². The normalized spacial score (nSPS) is 34.6. The summed E-state index contributed by atoms with van der Waals surface area (Å²) in [5, 5.41) is 8.33. The first-order valence-corrected chi connectivity index (χ1v) is 5.50. The number of aliphatic hydroxyl groups excluding tert-OH is 1. The molecule has 0 aromatic carbocycles. The second kappa shape index (κ2) is 2.68. The second-order valence-electron chi connectivity index (χ2n) is 2.51. The van der Waals surface area contributed by atoms with Gasteiger partial charge in [-0.2, -0.15) is 0 Å². The summed E-state index contributed by atoms with van der Waals surface area (Å²) in [6.45, 7) is 0. The summed E-state index contributed by atoms with van der Waals surface area (Å²) in [5.41, 5.74) is 0. The van der Waals surface area contributed by atoms with Gasteiger partial charge < -0.3 is 5.11 Å². The minimum absolute atomic E-state index is 0.493. The first kappa shape index (κ1) is 8.30. The highest BCUT2D eigenvalue weighted by Crippen LogP contribution is 2.27. The van der Waals surface area contributed by atoms with Crippen molar-refractivity contribution in [3.05, 3.63) is 0 Å². The maximum Gasteiger partial charge on any atom is 0.238 e. The molecule has 0 spiro atoms. The standard InChI is InChI=1S/C5H9ClO3S/c6-10(8,9)5-3-1-2-4(5)7/h4-5,7H,1-3H2/t4-,5+/m1/s1. The van der Waals surface area contributed by atoms with Gasteiger partial charge in [-0.15, -0.1) is 0 Å². The third-order valence-electron chi connectivity index (χ3n) is 1.78. The van der Waals surface area contributed by atoms with Crippen molar-refractivity contribution in [1.29, 1.82) is 0 Å². The van der Waals surface area contributed by atoms with Gasteiger partial charge in [0.15, 0.2) is 0 Å². The zero-order valence-electron chi connectivity index (χ0n) is 5.33. The van der Waals surface area contributed by atoms with E-state index in [0.717, 1.165) is 6.42 Å². The number of rotatable bonds is 1. The zero-order valence-corrected chi connectivity index (χ0v) is 6.90. The van der Waals surface area contributed by atoms with Crippen molar-refractivity contribution in [2.45, 2.75) is 30.6 Å². The third kappa shape index (κ3) is 1.62. The Bertz CT molecular complexity index is 211. The number of aliphatic hydroxyl groups is 1. The highest BCUT2D eigenvalue weighted by molar-refractivity contribution is 8.14.